The van der Waals surface area contributed by atoms with E-state index in [1.165, 1.54) is 4.90 Å². The zero-order chi connectivity index (χ0) is 23.3. The van der Waals surface area contributed by atoms with E-state index in [2.05, 4.69) is 0 Å². The number of carbonyl (C=O) groups excluding carboxylic acids is 1. The lowest BCUT2D eigenvalue weighted by Crippen LogP contribution is -2.41. The van der Waals surface area contributed by atoms with Crippen LogP contribution in [0.25, 0.3) is 0 Å². The molecule has 0 saturated carbocycles. The third kappa shape index (κ3) is 5.48. The van der Waals surface area contributed by atoms with Crippen LogP contribution in [-0.4, -0.2) is 39.3 Å². The standard InChI is InChI=1S/C24H25ClN2O4S/c1-18-11-13-22(14-12-18)32(29,30)27(16-19-7-4-5-10-23(19)25)17-24(28)26(2)20-8-6-9-21(15-20)31-3/h4-15H,16-17H2,1-3H3. The summed E-state index contributed by atoms with van der Waals surface area (Å²) in [5.41, 5.74) is 2.15. The Morgan fingerprint density at radius 1 is 1.00 bits per heavy atom. The Balaban J connectivity index is 1.93. The van der Waals surface area contributed by atoms with Crippen molar-refractivity contribution in [2.75, 3.05) is 25.6 Å². The number of hydrogen-bond acceptors (Lipinski definition) is 4. The van der Waals surface area contributed by atoms with Crippen molar-refractivity contribution in [3.05, 3.63) is 88.9 Å². The van der Waals surface area contributed by atoms with E-state index in [0.29, 0.717) is 22.0 Å². The molecule has 0 unspecified atom stereocenters. The molecule has 32 heavy (non-hydrogen) atoms. The van der Waals surface area contributed by atoms with E-state index in [0.717, 1.165) is 9.87 Å². The summed E-state index contributed by atoms with van der Waals surface area (Å²) < 4.78 is 33.3. The normalized spacial score (nSPS) is 11.4. The second kappa shape index (κ2) is 10.2. The van der Waals surface area contributed by atoms with Crippen molar-refractivity contribution in [1.82, 2.24) is 4.31 Å². The highest BCUT2D eigenvalue weighted by Gasteiger charge is 2.29. The summed E-state index contributed by atoms with van der Waals surface area (Å²) in [5.74, 6) is 0.211. The molecule has 0 spiro atoms. The van der Waals surface area contributed by atoms with Gasteiger partial charge < -0.3 is 9.64 Å². The molecular weight excluding hydrogens is 448 g/mol. The average Bonchev–Trinajstić information content (AvgIpc) is 2.79. The first-order valence-corrected chi connectivity index (χ1v) is 11.7. The molecule has 0 aliphatic carbocycles. The fraction of sp³-hybridized carbons (Fsp3) is 0.208. The van der Waals surface area contributed by atoms with Crippen LogP contribution < -0.4 is 9.64 Å². The Labute approximate surface area is 194 Å². The molecular formula is C24H25ClN2O4S. The highest BCUT2D eigenvalue weighted by molar-refractivity contribution is 7.89. The fourth-order valence-corrected chi connectivity index (χ4v) is 4.68. The molecule has 0 fully saturated rings. The smallest absolute Gasteiger partial charge is 0.243 e. The largest absolute Gasteiger partial charge is 0.497 e. The molecule has 0 bridgehead atoms. The molecule has 8 heteroatoms. The number of likely N-dealkylation sites (N-methyl/N-ethyl adjacent to an activating group) is 1. The van der Waals surface area contributed by atoms with Crippen LogP contribution in [0.5, 0.6) is 5.75 Å². The summed E-state index contributed by atoms with van der Waals surface area (Å²) in [6.45, 7) is 1.49. The molecule has 0 aromatic heterocycles. The van der Waals surface area contributed by atoms with Crippen LogP contribution in [0, 0.1) is 6.92 Å². The zero-order valence-electron chi connectivity index (χ0n) is 18.2. The van der Waals surface area contributed by atoms with Crippen LogP contribution in [0.4, 0.5) is 5.69 Å². The van der Waals surface area contributed by atoms with Crippen LogP contribution in [0.1, 0.15) is 11.1 Å². The van der Waals surface area contributed by atoms with Gasteiger partial charge in [0.1, 0.15) is 5.75 Å². The lowest BCUT2D eigenvalue weighted by atomic mass is 10.2. The summed E-state index contributed by atoms with van der Waals surface area (Å²) in [4.78, 5) is 14.6. The van der Waals surface area contributed by atoms with Gasteiger partial charge in [0.15, 0.2) is 0 Å². The summed E-state index contributed by atoms with van der Waals surface area (Å²) >= 11 is 6.28. The van der Waals surface area contributed by atoms with Crippen LogP contribution in [0.2, 0.25) is 5.02 Å². The van der Waals surface area contributed by atoms with E-state index in [1.54, 1.807) is 87.0 Å². The lowest BCUT2D eigenvalue weighted by molar-refractivity contribution is -0.118. The van der Waals surface area contributed by atoms with Crippen molar-refractivity contribution in [1.29, 1.82) is 0 Å². The SMILES string of the molecule is COc1cccc(N(C)C(=O)CN(Cc2ccccc2Cl)S(=O)(=O)c2ccc(C)cc2)c1. The Kier molecular flexibility index (Phi) is 7.56. The van der Waals surface area contributed by atoms with Gasteiger partial charge >= 0.3 is 0 Å². The number of benzene rings is 3. The second-order valence-corrected chi connectivity index (χ2v) is 9.68. The van der Waals surface area contributed by atoms with Crippen molar-refractivity contribution in [3.8, 4) is 5.75 Å². The summed E-state index contributed by atoms with van der Waals surface area (Å²) in [5, 5.41) is 0.435. The number of hydrogen-bond donors (Lipinski definition) is 0. The van der Waals surface area contributed by atoms with Gasteiger partial charge in [-0.05, 0) is 42.8 Å². The van der Waals surface area contributed by atoms with Gasteiger partial charge in [0.05, 0.1) is 18.6 Å². The first kappa shape index (κ1) is 23.8. The fourth-order valence-electron chi connectivity index (χ4n) is 3.12. The molecule has 168 valence electrons. The number of amides is 1. The Morgan fingerprint density at radius 2 is 1.69 bits per heavy atom. The third-order valence-corrected chi connectivity index (χ3v) is 7.26. The molecule has 0 saturated heterocycles. The van der Waals surface area contributed by atoms with E-state index >= 15 is 0 Å². The maximum atomic E-state index is 13.4. The second-order valence-electron chi connectivity index (χ2n) is 7.33. The molecule has 0 atom stereocenters. The number of sulfonamides is 1. The highest BCUT2D eigenvalue weighted by atomic mass is 35.5. The van der Waals surface area contributed by atoms with E-state index in [9.17, 15) is 13.2 Å². The van der Waals surface area contributed by atoms with Gasteiger partial charge in [0.25, 0.3) is 0 Å². The number of anilines is 1. The summed E-state index contributed by atoms with van der Waals surface area (Å²) in [6.07, 6.45) is 0. The first-order chi connectivity index (χ1) is 15.2. The number of nitrogens with zero attached hydrogens (tertiary/aromatic N) is 2. The van der Waals surface area contributed by atoms with Gasteiger partial charge in [-0.2, -0.15) is 4.31 Å². The molecule has 6 nitrogen and oxygen atoms in total. The molecule has 0 aliphatic heterocycles. The minimum absolute atomic E-state index is 0.0342. The average molecular weight is 473 g/mol. The van der Waals surface area contributed by atoms with Gasteiger partial charge in [-0.25, -0.2) is 8.42 Å². The first-order valence-electron chi connectivity index (χ1n) is 9.93. The van der Waals surface area contributed by atoms with Gasteiger partial charge in [-0.15, -0.1) is 0 Å². The number of ether oxygens (including phenoxy) is 1. The van der Waals surface area contributed by atoms with E-state index in [4.69, 9.17) is 16.3 Å². The van der Waals surface area contributed by atoms with Gasteiger partial charge in [-0.1, -0.05) is 53.6 Å². The minimum atomic E-state index is -3.95. The predicted octanol–water partition coefficient (Wildman–Crippen LogP) is 4.51. The van der Waals surface area contributed by atoms with Crippen LogP contribution in [-0.2, 0) is 21.4 Å². The molecule has 0 N–H and O–H groups in total. The number of rotatable bonds is 8. The maximum Gasteiger partial charge on any atom is 0.243 e. The van der Waals surface area contributed by atoms with Crippen molar-refractivity contribution >= 4 is 33.2 Å². The van der Waals surface area contributed by atoms with Crippen molar-refractivity contribution in [2.24, 2.45) is 0 Å². The van der Waals surface area contributed by atoms with Gasteiger partial charge in [0.2, 0.25) is 15.9 Å². The van der Waals surface area contributed by atoms with Crippen molar-refractivity contribution < 1.29 is 17.9 Å². The van der Waals surface area contributed by atoms with E-state index in [-0.39, 0.29) is 23.9 Å². The molecule has 0 radical (unpaired) electrons. The van der Waals surface area contributed by atoms with Crippen molar-refractivity contribution in [2.45, 2.75) is 18.4 Å². The third-order valence-electron chi connectivity index (χ3n) is 5.09. The number of carbonyl (C=O) groups is 1. The predicted molar refractivity (Wildman–Crippen MR) is 127 cm³/mol. The zero-order valence-corrected chi connectivity index (χ0v) is 19.7. The van der Waals surface area contributed by atoms with Crippen LogP contribution >= 0.6 is 11.6 Å². The van der Waals surface area contributed by atoms with E-state index in [1.807, 2.05) is 6.92 Å². The molecule has 0 heterocycles. The van der Waals surface area contributed by atoms with E-state index < -0.39 is 10.0 Å². The van der Waals surface area contributed by atoms with Gasteiger partial charge in [0, 0.05) is 30.4 Å². The van der Waals surface area contributed by atoms with Crippen LogP contribution in [0.15, 0.2) is 77.7 Å². The maximum absolute atomic E-state index is 13.4. The molecule has 0 aliphatic rings. The number of aryl methyl sites for hydroxylation is 1. The molecule has 1 amide bonds. The quantitative estimate of drug-likeness (QED) is 0.483. The topological polar surface area (TPSA) is 66.9 Å². The number of halogens is 1. The summed E-state index contributed by atoms with van der Waals surface area (Å²) in [7, 11) is -0.811. The van der Waals surface area contributed by atoms with Crippen LogP contribution in [0.3, 0.4) is 0 Å². The lowest BCUT2D eigenvalue weighted by Gasteiger charge is -2.25. The minimum Gasteiger partial charge on any atom is -0.497 e. The monoisotopic (exact) mass is 472 g/mol. The highest BCUT2D eigenvalue weighted by Crippen LogP contribution is 2.24. The van der Waals surface area contributed by atoms with Gasteiger partial charge in [-0.3, -0.25) is 4.79 Å². The Morgan fingerprint density at radius 3 is 2.34 bits per heavy atom. The summed E-state index contributed by atoms with van der Waals surface area (Å²) in [6, 6.07) is 20.5. The number of methoxy groups -OCH3 is 1. The Hall–Kier alpha value is -2.87. The van der Waals surface area contributed by atoms with Crippen molar-refractivity contribution in [3.63, 3.8) is 0 Å². The molecule has 3 aromatic rings. The molecule has 3 aromatic carbocycles. The molecule has 3 rings (SSSR count). The Bertz CT molecular complexity index is 1200.